The van der Waals surface area contributed by atoms with Crippen LogP contribution in [0.2, 0.25) is 0 Å². The molecule has 31 heavy (non-hydrogen) atoms. The number of benzene rings is 1. The highest BCUT2D eigenvalue weighted by Gasteiger charge is 2.33. The van der Waals surface area contributed by atoms with Crippen molar-refractivity contribution in [1.82, 2.24) is 24.9 Å². The molecular formula is C24H32N6O. The SMILES string of the molecule is CCC1C[C@@H](CC)[C@H](NC(=O)Nc2c(C)c(-c3cnn(C)c3)nn2-c2ccccc2)C1. The number of carbonyl (C=O) groups excluding carboxylic acids is 1. The largest absolute Gasteiger partial charge is 0.335 e. The van der Waals surface area contributed by atoms with Crippen molar-refractivity contribution < 1.29 is 4.79 Å². The van der Waals surface area contributed by atoms with Gasteiger partial charge in [-0.15, -0.1) is 0 Å². The van der Waals surface area contributed by atoms with Gasteiger partial charge in [-0.05, 0) is 43.7 Å². The first kappa shape index (κ1) is 21.2. The molecule has 1 unspecified atom stereocenters. The van der Waals surface area contributed by atoms with Crippen molar-refractivity contribution >= 4 is 11.8 Å². The van der Waals surface area contributed by atoms with Gasteiger partial charge in [0.05, 0.1) is 11.9 Å². The number of aromatic nitrogens is 4. The number of hydrogen-bond acceptors (Lipinski definition) is 3. The van der Waals surface area contributed by atoms with Gasteiger partial charge in [-0.25, -0.2) is 9.48 Å². The maximum atomic E-state index is 13.0. The van der Waals surface area contributed by atoms with Crippen molar-refractivity contribution in [3.63, 3.8) is 0 Å². The fourth-order valence-corrected chi connectivity index (χ4v) is 4.73. The Bertz CT molecular complexity index is 1040. The van der Waals surface area contributed by atoms with Crippen molar-refractivity contribution in [3.8, 4) is 16.9 Å². The lowest BCUT2D eigenvalue weighted by molar-refractivity contribution is 0.244. The third-order valence-corrected chi connectivity index (χ3v) is 6.54. The number of anilines is 1. The van der Waals surface area contributed by atoms with Gasteiger partial charge in [-0.2, -0.15) is 10.2 Å². The van der Waals surface area contributed by atoms with E-state index in [1.165, 1.54) is 12.8 Å². The van der Waals surface area contributed by atoms with Crippen LogP contribution in [0.4, 0.5) is 10.6 Å². The predicted molar refractivity (Wildman–Crippen MR) is 123 cm³/mol. The van der Waals surface area contributed by atoms with Gasteiger partial charge in [0.15, 0.2) is 0 Å². The van der Waals surface area contributed by atoms with Crippen LogP contribution < -0.4 is 10.6 Å². The molecule has 7 nitrogen and oxygen atoms in total. The highest BCUT2D eigenvalue weighted by molar-refractivity contribution is 5.91. The van der Waals surface area contributed by atoms with Crippen molar-refractivity contribution in [3.05, 3.63) is 48.3 Å². The highest BCUT2D eigenvalue weighted by Crippen LogP contribution is 2.35. The van der Waals surface area contributed by atoms with E-state index in [4.69, 9.17) is 5.10 Å². The number of para-hydroxylation sites is 1. The molecule has 0 aliphatic heterocycles. The summed E-state index contributed by atoms with van der Waals surface area (Å²) in [5.74, 6) is 1.92. The standard InChI is InChI=1S/C24H32N6O/c1-5-17-12-18(6-2)21(13-17)26-24(31)27-23-16(3)22(19-14-25-29(4)15-19)28-30(23)20-10-8-7-9-11-20/h7-11,14-15,17-18,21H,5-6,12-13H2,1-4H3,(H2,26,27,31)/t17?,18-,21-/m1/s1. The molecule has 2 aromatic heterocycles. The monoisotopic (exact) mass is 420 g/mol. The van der Waals surface area contributed by atoms with Crippen molar-refractivity contribution in [2.75, 3.05) is 5.32 Å². The summed E-state index contributed by atoms with van der Waals surface area (Å²) in [7, 11) is 1.88. The van der Waals surface area contributed by atoms with Crippen molar-refractivity contribution in [2.45, 2.75) is 52.5 Å². The molecule has 0 saturated heterocycles. The zero-order valence-corrected chi connectivity index (χ0v) is 18.8. The van der Waals surface area contributed by atoms with Crippen LogP contribution in [0.15, 0.2) is 42.7 Å². The molecule has 2 N–H and O–H groups in total. The molecule has 1 aromatic carbocycles. The van der Waals surface area contributed by atoms with Gasteiger partial charge < -0.3 is 5.32 Å². The number of urea groups is 1. The minimum Gasteiger partial charge on any atom is -0.335 e. The van der Waals surface area contributed by atoms with E-state index in [0.29, 0.717) is 17.7 Å². The van der Waals surface area contributed by atoms with E-state index < -0.39 is 0 Å². The first-order valence-electron chi connectivity index (χ1n) is 11.2. The summed E-state index contributed by atoms with van der Waals surface area (Å²) in [6.07, 6.45) is 8.25. The Kier molecular flexibility index (Phi) is 6.11. The lowest BCUT2D eigenvalue weighted by Gasteiger charge is -2.20. The molecule has 2 heterocycles. The Morgan fingerprint density at radius 2 is 1.94 bits per heavy atom. The quantitative estimate of drug-likeness (QED) is 0.594. The van der Waals surface area contributed by atoms with Crippen LogP contribution in [-0.2, 0) is 7.05 Å². The van der Waals surface area contributed by atoms with E-state index >= 15 is 0 Å². The van der Waals surface area contributed by atoms with E-state index in [1.54, 1.807) is 15.6 Å². The molecule has 7 heteroatoms. The number of nitrogens with one attached hydrogen (secondary N) is 2. The maximum absolute atomic E-state index is 13.0. The van der Waals surface area contributed by atoms with Crippen LogP contribution in [0, 0.1) is 18.8 Å². The summed E-state index contributed by atoms with van der Waals surface area (Å²) < 4.78 is 3.56. The molecule has 0 radical (unpaired) electrons. The van der Waals surface area contributed by atoms with Gasteiger partial charge in [-0.1, -0.05) is 44.9 Å². The number of rotatable bonds is 6. The van der Waals surface area contributed by atoms with E-state index in [0.717, 1.165) is 35.3 Å². The second kappa shape index (κ2) is 8.96. The molecule has 1 saturated carbocycles. The summed E-state index contributed by atoms with van der Waals surface area (Å²) >= 11 is 0. The molecule has 0 bridgehead atoms. The van der Waals surface area contributed by atoms with E-state index in [9.17, 15) is 4.79 Å². The Morgan fingerprint density at radius 3 is 2.58 bits per heavy atom. The Morgan fingerprint density at radius 1 is 1.16 bits per heavy atom. The predicted octanol–water partition coefficient (Wildman–Crippen LogP) is 4.92. The molecule has 0 spiro atoms. The Labute approximate surface area is 183 Å². The third kappa shape index (κ3) is 4.36. The van der Waals surface area contributed by atoms with Crippen LogP contribution in [0.25, 0.3) is 16.9 Å². The van der Waals surface area contributed by atoms with Gasteiger partial charge in [0.25, 0.3) is 0 Å². The van der Waals surface area contributed by atoms with E-state index in [1.807, 2.05) is 50.5 Å². The average molecular weight is 421 g/mol. The first-order chi connectivity index (χ1) is 15.0. The molecule has 164 valence electrons. The number of hydrogen-bond donors (Lipinski definition) is 2. The minimum atomic E-state index is -0.168. The van der Waals surface area contributed by atoms with E-state index in [2.05, 4.69) is 29.6 Å². The Balaban J connectivity index is 1.62. The molecule has 2 amide bonds. The normalized spacial score (nSPS) is 20.7. The van der Waals surface area contributed by atoms with Crippen LogP contribution in [0.3, 0.4) is 0 Å². The van der Waals surface area contributed by atoms with E-state index in [-0.39, 0.29) is 12.1 Å². The fraction of sp³-hybridized carbons (Fsp3) is 0.458. The van der Waals surface area contributed by atoms with Crippen LogP contribution >= 0.6 is 0 Å². The molecule has 1 fully saturated rings. The van der Waals surface area contributed by atoms with Gasteiger partial charge >= 0.3 is 6.03 Å². The van der Waals surface area contributed by atoms with Gasteiger partial charge in [-0.3, -0.25) is 10.00 Å². The van der Waals surface area contributed by atoms with Crippen LogP contribution in [-0.4, -0.2) is 31.6 Å². The number of amides is 2. The van der Waals surface area contributed by atoms with Crippen LogP contribution in [0.5, 0.6) is 0 Å². The zero-order valence-electron chi connectivity index (χ0n) is 18.8. The highest BCUT2D eigenvalue weighted by atomic mass is 16.2. The molecular weight excluding hydrogens is 388 g/mol. The van der Waals surface area contributed by atoms with Crippen LogP contribution in [0.1, 0.15) is 45.1 Å². The maximum Gasteiger partial charge on any atom is 0.320 e. The lowest BCUT2D eigenvalue weighted by atomic mass is 9.99. The van der Waals surface area contributed by atoms with Gasteiger partial charge in [0.1, 0.15) is 11.5 Å². The fourth-order valence-electron chi connectivity index (χ4n) is 4.73. The smallest absolute Gasteiger partial charge is 0.320 e. The number of nitrogens with zero attached hydrogens (tertiary/aromatic N) is 4. The summed E-state index contributed by atoms with van der Waals surface area (Å²) in [6, 6.07) is 9.93. The summed E-state index contributed by atoms with van der Waals surface area (Å²) in [5.41, 5.74) is 3.54. The zero-order chi connectivity index (χ0) is 22.0. The second-order valence-corrected chi connectivity index (χ2v) is 8.59. The topological polar surface area (TPSA) is 76.8 Å². The second-order valence-electron chi connectivity index (χ2n) is 8.59. The molecule has 3 aromatic rings. The number of aryl methyl sites for hydroxylation is 1. The summed E-state index contributed by atoms with van der Waals surface area (Å²) in [4.78, 5) is 13.0. The molecule has 1 aliphatic rings. The minimum absolute atomic E-state index is 0.168. The first-order valence-corrected chi connectivity index (χ1v) is 11.2. The van der Waals surface area contributed by atoms with Gasteiger partial charge in [0.2, 0.25) is 0 Å². The summed E-state index contributed by atoms with van der Waals surface area (Å²) in [6.45, 7) is 6.44. The average Bonchev–Trinajstić information content (AvgIpc) is 3.46. The van der Waals surface area contributed by atoms with Gasteiger partial charge in [0, 0.05) is 30.4 Å². The summed E-state index contributed by atoms with van der Waals surface area (Å²) in [5, 5.41) is 15.4. The lowest BCUT2D eigenvalue weighted by Crippen LogP contribution is -2.40. The molecule has 1 aliphatic carbocycles. The number of carbonyl (C=O) groups is 1. The third-order valence-electron chi connectivity index (χ3n) is 6.54. The molecule has 4 rings (SSSR count). The van der Waals surface area contributed by atoms with Crippen molar-refractivity contribution in [2.24, 2.45) is 18.9 Å². The Hall–Kier alpha value is -3.09. The molecule has 3 atom stereocenters. The van der Waals surface area contributed by atoms with Crippen molar-refractivity contribution in [1.29, 1.82) is 0 Å².